The van der Waals surface area contributed by atoms with E-state index in [2.05, 4.69) is 15.9 Å². The number of alkyl halides is 1. The van der Waals surface area contributed by atoms with E-state index in [-0.39, 0.29) is 15.4 Å². The van der Waals surface area contributed by atoms with Gasteiger partial charge in [-0.05, 0) is 12.0 Å². The van der Waals surface area contributed by atoms with E-state index in [4.69, 9.17) is 0 Å². The highest BCUT2D eigenvalue weighted by Gasteiger charge is 2.09. The molecular weight excluding hydrogens is 234 g/mol. The lowest BCUT2D eigenvalue weighted by Gasteiger charge is -2.05. The van der Waals surface area contributed by atoms with Crippen LogP contribution in [0.2, 0.25) is 0 Å². The number of rotatable bonds is 3. The first-order valence-corrected chi connectivity index (χ1v) is 4.95. The van der Waals surface area contributed by atoms with Crippen LogP contribution < -0.4 is 0 Å². The molecule has 0 N–H and O–H groups in total. The summed E-state index contributed by atoms with van der Waals surface area (Å²) < 4.78 is 0. The highest BCUT2D eigenvalue weighted by Crippen LogP contribution is 2.28. The Kier molecular flexibility index (Phi) is 3.42. The summed E-state index contributed by atoms with van der Waals surface area (Å²) in [6.07, 6.45) is 0.918. The lowest BCUT2D eigenvalue weighted by Crippen LogP contribution is -1.91. The van der Waals surface area contributed by atoms with Gasteiger partial charge in [0.1, 0.15) is 0 Å². The largest absolute Gasteiger partial charge is 0.269 e. The van der Waals surface area contributed by atoms with E-state index in [0.717, 1.165) is 12.0 Å². The van der Waals surface area contributed by atoms with Gasteiger partial charge in [0.2, 0.25) is 0 Å². The summed E-state index contributed by atoms with van der Waals surface area (Å²) in [5, 5.41) is 10.5. The van der Waals surface area contributed by atoms with Crippen LogP contribution in [0.3, 0.4) is 0 Å². The first-order valence-electron chi connectivity index (χ1n) is 4.03. The number of hydrogen-bond donors (Lipinski definition) is 0. The molecule has 0 amide bonds. The molecule has 0 saturated heterocycles. The Morgan fingerprint density at radius 2 is 2.31 bits per heavy atom. The minimum atomic E-state index is -0.376. The molecule has 1 aromatic rings. The molecule has 0 bridgehead atoms. The summed E-state index contributed by atoms with van der Waals surface area (Å²) >= 11 is 3.45. The molecule has 0 heterocycles. The van der Waals surface area contributed by atoms with E-state index in [1.54, 1.807) is 12.1 Å². The van der Waals surface area contributed by atoms with Crippen LogP contribution in [0.5, 0.6) is 0 Å². The van der Waals surface area contributed by atoms with Crippen LogP contribution in [-0.4, -0.2) is 4.92 Å². The van der Waals surface area contributed by atoms with Gasteiger partial charge in [0, 0.05) is 17.0 Å². The third kappa shape index (κ3) is 2.52. The summed E-state index contributed by atoms with van der Waals surface area (Å²) in [5.41, 5.74) is 1.10. The summed E-state index contributed by atoms with van der Waals surface area (Å²) in [6.45, 7) is 2.03. The second-order valence-corrected chi connectivity index (χ2v) is 3.83. The third-order valence-corrected chi connectivity index (χ3v) is 2.98. The fraction of sp³-hybridized carbons (Fsp3) is 0.333. The molecule has 4 heteroatoms. The lowest BCUT2D eigenvalue weighted by molar-refractivity contribution is -0.384. The Bertz CT molecular complexity index is 314. The molecule has 3 nitrogen and oxygen atoms in total. The molecule has 13 heavy (non-hydrogen) atoms. The molecule has 0 fully saturated rings. The predicted molar refractivity (Wildman–Crippen MR) is 55.1 cm³/mol. The van der Waals surface area contributed by atoms with Gasteiger partial charge >= 0.3 is 0 Å². The van der Waals surface area contributed by atoms with E-state index < -0.39 is 0 Å². The predicted octanol–water partition coefficient (Wildman–Crippen LogP) is 3.44. The van der Waals surface area contributed by atoms with Gasteiger partial charge in [0.15, 0.2) is 0 Å². The maximum atomic E-state index is 10.5. The summed E-state index contributed by atoms with van der Waals surface area (Å²) in [7, 11) is 0. The molecule has 0 aliphatic heterocycles. The number of non-ortho nitro benzene ring substituents is 1. The van der Waals surface area contributed by atoms with Crippen LogP contribution in [0.25, 0.3) is 0 Å². The van der Waals surface area contributed by atoms with Crippen LogP contribution >= 0.6 is 15.9 Å². The number of benzene rings is 1. The number of nitrogens with zero attached hydrogens (tertiary/aromatic N) is 1. The molecule has 1 aromatic carbocycles. The lowest BCUT2D eigenvalue weighted by atomic mass is 10.1. The van der Waals surface area contributed by atoms with Gasteiger partial charge in [0.25, 0.3) is 5.69 Å². The fourth-order valence-corrected chi connectivity index (χ4v) is 1.35. The minimum Gasteiger partial charge on any atom is -0.258 e. The molecule has 1 atom stereocenters. The molecule has 0 radical (unpaired) electrons. The van der Waals surface area contributed by atoms with Crippen molar-refractivity contribution in [3.63, 3.8) is 0 Å². The minimum absolute atomic E-state index is 0.149. The van der Waals surface area contributed by atoms with Gasteiger partial charge < -0.3 is 0 Å². The first-order chi connectivity index (χ1) is 6.15. The monoisotopic (exact) mass is 243 g/mol. The topological polar surface area (TPSA) is 43.1 Å². The van der Waals surface area contributed by atoms with Gasteiger partial charge in [-0.3, -0.25) is 10.1 Å². The number of halogens is 1. The van der Waals surface area contributed by atoms with Crippen LogP contribution in [0.15, 0.2) is 24.3 Å². The molecule has 1 rings (SSSR count). The van der Waals surface area contributed by atoms with Gasteiger partial charge in [-0.1, -0.05) is 35.0 Å². The number of hydrogen-bond acceptors (Lipinski definition) is 2. The molecular formula is C9H10BrNO2. The smallest absolute Gasteiger partial charge is 0.258 e. The quantitative estimate of drug-likeness (QED) is 0.464. The van der Waals surface area contributed by atoms with Crippen molar-refractivity contribution < 1.29 is 4.92 Å². The van der Waals surface area contributed by atoms with Gasteiger partial charge in [-0.15, -0.1) is 0 Å². The van der Waals surface area contributed by atoms with Crippen molar-refractivity contribution in [1.82, 2.24) is 0 Å². The zero-order valence-electron chi connectivity index (χ0n) is 7.24. The molecule has 0 aromatic heterocycles. The van der Waals surface area contributed by atoms with Crippen LogP contribution in [-0.2, 0) is 0 Å². The summed E-state index contributed by atoms with van der Waals surface area (Å²) in [6, 6.07) is 6.69. The highest BCUT2D eigenvalue weighted by molar-refractivity contribution is 9.09. The standard InChI is InChI=1S/C9H10BrNO2/c1-2-9(10)7-4-3-5-8(6-7)11(12)13/h3-6,9H,2H2,1H3/t9-/m1/s1. The zero-order valence-corrected chi connectivity index (χ0v) is 8.82. The molecule has 0 unspecified atom stereocenters. The number of nitro benzene ring substituents is 1. The number of nitro groups is 1. The van der Waals surface area contributed by atoms with Crippen molar-refractivity contribution in [2.24, 2.45) is 0 Å². The molecule has 0 saturated carbocycles. The van der Waals surface area contributed by atoms with Gasteiger partial charge in [-0.2, -0.15) is 0 Å². The highest BCUT2D eigenvalue weighted by atomic mass is 79.9. The molecule has 0 aliphatic carbocycles. The third-order valence-electron chi connectivity index (χ3n) is 1.80. The first kappa shape index (κ1) is 10.2. The van der Waals surface area contributed by atoms with E-state index in [1.165, 1.54) is 6.07 Å². The summed E-state index contributed by atoms with van der Waals surface area (Å²) in [5.74, 6) is 0. The second kappa shape index (κ2) is 4.37. The van der Waals surface area contributed by atoms with Crippen molar-refractivity contribution in [2.75, 3.05) is 0 Å². The van der Waals surface area contributed by atoms with E-state index >= 15 is 0 Å². The van der Waals surface area contributed by atoms with E-state index in [1.807, 2.05) is 13.0 Å². The van der Waals surface area contributed by atoms with Gasteiger partial charge in [-0.25, -0.2) is 0 Å². The Morgan fingerprint density at radius 1 is 1.62 bits per heavy atom. The van der Waals surface area contributed by atoms with E-state index in [0.29, 0.717) is 0 Å². The van der Waals surface area contributed by atoms with Gasteiger partial charge in [0.05, 0.1) is 4.92 Å². The van der Waals surface area contributed by atoms with Crippen LogP contribution in [0, 0.1) is 10.1 Å². The Hall–Kier alpha value is -0.900. The van der Waals surface area contributed by atoms with Crippen LogP contribution in [0.1, 0.15) is 23.7 Å². The average Bonchev–Trinajstić information content (AvgIpc) is 2.17. The van der Waals surface area contributed by atoms with E-state index in [9.17, 15) is 10.1 Å². The molecule has 0 aliphatic rings. The SMILES string of the molecule is CC[C@@H](Br)c1cccc([N+](=O)[O-])c1. The van der Waals surface area contributed by atoms with Crippen LogP contribution in [0.4, 0.5) is 5.69 Å². The Balaban J connectivity index is 2.98. The maximum Gasteiger partial charge on any atom is 0.269 e. The Labute approximate surface area is 85.0 Å². The Morgan fingerprint density at radius 3 is 2.85 bits per heavy atom. The van der Waals surface area contributed by atoms with Crippen molar-refractivity contribution in [1.29, 1.82) is 0 Å². The second-order valence-electron chi connectivity index (χ2n) is 2.73. The van der Waals surface area contributed by atoms with Crippen molar-refractivity contribution in [3.05, 3.63) is 39.9 Å². The zero-order chi connectivity index (χ0) is 9.84. The molecule has 0 spiro atoms. The molecule has 70 valence electrons. The normalized spacial score (nSPS) is 12.5. The summed E-state index contributed by atoms with van der Waals surface area (Å²) in [4.78, 5) is 10.3. The van der Waals surface area contributed by atoms with Crippen molar-refractivity contribution in [3.8, 4) is 0 Å². The van der Waals surface area contributed by atoms with Crippen molar-refractivity contribution in [2.45, 2.75) is 18.2 Å². The van der Waals surface area contributed by atoms with Crippen molar-refractivity contribution >= 4 is 21.6 Å². The fourth-order valence-electron chi connectivity index (χ4n) is 1.07. The average molecular weight is 244 g/mol. The maximum absolute atomic E-state index is 10.5.